The number of nitrogens with zero attached hydrogens (tertiary/aromatic N) is 3. The number of benzene rings is 3. The number of Topliss-reactive ketones (excluding diaryl/α,β-unsaturated/α-hetero) is 1. The Bertz CT molecular complexity index is 1380. The van der Waals surface area contributed by atoms with Crippen LogP contribution in [0.3, 0.4) is 0 Å². The van der Waals surface area contributed by atoms with Crippen molar-refractivity contribution in [3.8, 4) is 17.1 Å². The third kappa shape index (κ3) is 2.91. The SMILES string of the molecule is COc1ccc(C2C3=C(CCCC3=O)Nc3nc(-c4cccc5ccccc45)nn32)cc1. The summed E-state index contributed by atoms with van der Waals surface area (Å²) in [5.41, 5.74) is 3.73. The number of hydrogen-bond donors (Lipinski definition) is 1. The number of anilines is 1. The number of nitrogens with one attached hydrogen (secondary N) is 1. The van der Waals surface area contributed by atoms with Gasteiger partial charge in [0.25, 0.3) is 0 Å². The topological polar surface area (TPSA) is 69.0 Å². The molecule has 1 aliphatic carbocycles. The molecule has 0 spiro atoms. The van der Waals surface area contributed by atoms with Crippen molar-refractivity contribution >= 4 is 22.5 Å². The maximum atomic E-state index is 13.0. The summed E-state index contributed by atoms with van der Waals surface area (Å²) >= 11 is 0. The maximum absolute atomic E-state index is 13.0. The lowest BCUT2D eigenvalue weighted by Gasteiger charge is -2.32. The van der Waals surface area contributed by atoms with Crippen LogP contribution in [0, 0.1) is 0 Å². The second-order valence-electron chi connectivity index (χ2n) is 8.20. The molecule has 1 atom stereocenters. The molecule has 2 heterocycles. The lowest BCUT2D eigenvalue weighted by molar-refractivity contribution is -0.116. The zero-order valence-corrected chi connectivity index (χ0v) is 17.7. The lowest BCUT2D eigenvalue weighted by Crippen LogP contribution is -2.31. The second-order valence-corrected chi connectivity index (χ2v) is 8.20. The van der Waals surface area contributed by atoms with E-state index in [1.54, 1.807) is 7.11 Å². The standard InChI is InChI=1S/C26H22N4O2/c1-32-18-14-12-17(13-15-18)24-23-21(10-5-11-22(23)31)27-26-28-25(29-30(24)26)20-9-4-7-16-6-2-3-8-19(16)20/h2-4,6-9,12-15,24H,5,10-11H2,1H3,(H,27,28,29). The Morgan fingerprint density at radius 1 is 1.00 bits per heavy atom. The van der Waals surface area contributed by atoms with Gasteiger partial charge in [0.1, 0.15) is 11.8 Å². The van der Waals surface area contributed by atoms with Crippen molar-refractivity contribution in [3.05, 3.63) is 83.6 Å². The fraction of sp³-hybridized carbons (Fsp3) is 0.192. The molecule has 158 valence electrons. The van der Waals surface area contributed by atoms with E-state index in [9.17, 15) is 4.79 Å². The highest BCUT2D eigenvalue weighted by Gasteiger charge is 2.37. The average molecular weight is 422 g/mol. The first-order valence-corrected chi connectivity index (χ1v) is 10.8. The minimum Gasteiger partial charge on any atom is -0.497 e. The first-order valence-electron chi connectivity index (χ1n) is 10.8. The zero-order chi connectivity index (χ0) is 21.7. The predicted molar refractivity (Wildman–Crippen MR) is 124 cm³/mol. The molecule has 0 fully saturated rings. The van der Waals surface area contributed by atoms with Gasteiger partial charge in [0.05, 0.1) is 7.11 Å². The molecule has 0 saturated heterocycles. The summed E-state index contributed by atoms with van der Waals surface area (Å²) in [5.74, 6) is 2.27. The van der Waals surface area contributed by atoms with Gasteiger partial charge in [-0.25, -0.2) is 4.68 Å². The normalized spacial score (nSPS) is 17.7. The summed E-state index contributed by atoms with van der Waals surface area (Å²) < 4.78 is 7.19. The molecule has 3 aromatic carbocycles. The maximum Gasteiger partial charge on any atom is 0.226 e. The highest BCUT2D eigenvalue weighted by Crippen LogP contribution is 2.41. The molecule has 0 bridgehead atoms. The van der Waals surface area contributed by atoms with Crippen molar-refractivity contribution < 1.29 is 9.53 Å². The van der Waals surface area contributed by atoms with Gasteiger partial charge in [-0.2, -0.15) is 4.98 Å². The van der Waals surface area contributed by atoms with Gasteiger partial charge in [0.15, 0.2) is 11.6 Å². The number of allylic oxidation sites excluding steroid dienone is 2. The van der Waals surface area contributed by atoms with Gasteiger partial charge >= 0.3 is 0 Å². The molecule has 6 heteroatoms. The van der Waals surface area contributed by atoms with Gasteiger partial charge in [-0.3, -0.25) is 4.79 Å². The summed E-state index contributed by atoms with van der Waals surface area (Å²) in [6.45, 7) is 0. The van der Waals surface area contributed by atoms with Crippen LogP contribution in [0.5, 0.6) is 5.75 Å². The number of ketones is 1. The largest absolute Gasteiger partial charge is 0.497 e. The Hall–Kier alpha value is -3.93. The summed E-state index contributed by atoms with van der Waals surface area (Å²) in [6.07, 6.45) is 2.25. The van der Waals surface area contributed by atoms with E-state index in [2.05, 4.69) is 23.5 Å². The van der Waals surface area contributed by atoms with Crippen LogP contribution in [0.2, 0.25) is 0 Å². The molecule has 1 N–H and O–H groups in total. The van der Waals surface area contributed by atoms with Crippen LogP contribution in [0.25, 0.3) is 22.2 Å². The van der Waals surface area contributed by atoms with Gasteiger partial charge in [-0.1, -0.05) is 54.6 Å². The van der Waals surface area contributed by atoms with Crippen LogP contribution in [0.1, 0.15) is 30.9 Å². The van der Waals surface area contributed by atoms with Crippen LogP contribution < -0.4 is 10.1 Å². The Kier molecular flexibility index (Phi) is 4.31. The summed E-state index contributed by atoms with van der Waals surface area (Å²) in [6, 6.07) is 21.9. The van der Waals surface area contributed by atoms with Gasteiger partial charge in [-0.05, 0) is 41.3 Å². The number of carbonyl (C=O) groups excluding carboxylic acids is 1. The van der Waals surface area contributed by atoms with Crippen LogP contribution in [-0.4, -0.2) is 27.7 Å². The molecule has 6 nitrogen and oxygen atoms in total. The molecule has 1 aliphatic heterocycles. The van der Waals surface area contributed by atoms with E-state index in [1.165, 1.54) is 0 Å². The van der Waals surface area contributed by atoms with Gasteiger partial charge in [0.2, 0.25) is 5.95 Å². The second kappa shape index (κ2) is 7.34. The summed E-state index contributed by atoms with van der Waals surface area (Å²) in [5, 5.41) is 10.6. The molecule has 2 aliphatic rings. The molecular weight excluding hydrogens is 400 g/mol. The monoisotopic (exact) mass is 422 g/mol. The number of carbonyl (C=O) groups is 1. The Morgan fingerprint density at radius 3 is 2.66 bits per heavy atom. The first-order chi connectivity index (χ1) is 15.7. The zero-order valence-electron chi connectivity index (χ0n) is 17.7. The molecule has 32 heavy (non-hydrogen) atoms. The molecule has 0 saturated carbocycles. The van der Waals surface area contributed by atoms with E-state index in [4.69, 9.17) is 14.8 Å². The van der Waals surface area contributed by atoms with Crippen molar-refractivity contribution in [1.29, 1.82) is 0 Å². The minimum atomic E-state index is -0.309. The molecule has 4 aromatic rings. The lowest BCUT2D eigenvalue weighted by atomic mass is 9.85. The Balaban J connectivity index is 1.53. The molecule has 0 radical (unpaired) electrons. The van der Waals surface area contributed by atoms with Gasteiger partial charge in [-0.15, -0.1) is 5.10 Å². The number of ether oxygens (including phenoxy) is 1. The van der Waals surface area contributed by atoms with Crippen molar-refractivity contribution in [2.75, 3.05) is 12.4 Å². The third-order valence-electron chi connectivity index (χ3n) is 6.33. The molecule has 1 aromatic heterocycles. The summed E-state index contributed by atoms with van der Waals surface area (Å²) in [7, 11) is 1.65. The predicted octanol–water partition coefficient (Wildman–Crippen LogP) is 5.13. The molecular formula is C26H22N4O2. The average Bonchev–Trinajstić information content (AvgIpc) is 3.26. The van der Waals surface area contributed by atoms with Gasteiger partial charge in [0, 0.05) is 23.3 Å². The fourth-order valence-electron chi connectivity index (χ4n) is 4.79. The van der Waals surface area contributed by atoms with Crippen molar-refractivity contribution in [2.24, 2.45) is 0 Å². The van der Waals surface area contributed by atoms with Crippen molar-refractivity contribution in [2.45, 2.75) is 25.3 Å². The fourth-order valence-corrected chi connectivity index (χ4v) is 4.79. The Morgan fingerprint density at radius 2 is 1.81 bits per heavy atom. The van der Waals surface area contributed by atoms with Crippen LogP contribution in [0.4, 0.5) is 5.95 Å². The number of aromatic nitrogens is 3. The van der Waals surface area contributed by atoms with E-state index in [0.29, 0.717) is 18.2 Å². The van der Waals surface area contributed by atoms with E-state index < -0.39 is 0 Å². The van der Waals surface area contributed by atoms with Crippen molar-refractivity contribution in [1.82, 2.24) is 14.8 Å². The third-order valence-corrected chi connectivity index (χ3v) is 6.33. The summed E-state index contributed by atoms with van der Waals surface area (Å²) in [4.78, 5) is 17.9. The Labute approximate surface area is 185 Å². The number of hydrogen-bond acceptors (Lipinski definition) is 5. The molecule has 6 rings (SSSR count). The van der Waals surface area contributed by atoms with Gasteiger partial charge < -0.3 is 10.1 Å². The smallest absolute Gasteiger partial charge is 0.226 e. The number of rotatable bonds is 3. The van der Waals surface area contributed by atoms with Crippen LogP contribution in [-0.2, 0) is 4.79 Å². The number of methoxy groups -OCH3 is 1. The molecule has 1 unspecified atom stereocenters. The van der Waals surface area contributed by atoms with Crippen LogP contribution in [0.15, 0.2) is 78.0 Å². The molecule has 0 amide bonds. The van der Waals surface area contributed by atoms with E-state index >= 15 is 0 Å². The quantitative estimate of drug-likeness (QED) is 0.496. The van der Waals surface area contributed by atoms with E-state index in [-0.39, 0.29) is 11.8 Å². The highest BCUT2D eigenvalue weighted by atomic mass is 16.5. The highest BCUT2D eigenvalue weighted by molar-refractivity contribution is 5.99. The minimum absolute atomic E-state index is 0.174. The van der Waals surface area contributed by atoms with Crippen molar-refractivity contribution in [3.63, 3.8) is 0 Å². The number of fused-ring (bicyclic) bond motifs is 2. The van der Waals surface area contributed by atoms with E-state index in [1.807, 2.05) is 53.2 Å². The first kappa shape index (κ1) is 18.8. The van der Waals surface area contributed by atoms with Crippen LogP contribution >= 0.6 is 0 Å². The van der Waals surface area contributed by atoms with E-state index in [0.717, 1.165) is 51.8 Å².